The van der Waals surface area contributed by atoms with E-state index in [-0.39, 0.29) is 12.6 Å². The van der Waals surface area contributed by atoms with E-state index in [1.165, 1.54) is 109 Å². The van der Waals surface area contributed by atoms with Crippen molar-refractivity contribution >= 4 is 5.97 Å². The maximum Gasteiger partial charge on any atom is 0.306 e. The van der Waals surface area contributed by atoms with Crippen LogP contribution in [-0.4, -0.2) is 37.0 Å². The van der Waals surface area contributed by atoms with Crippen molar-refractivity contribution in [3.8, 4) is 0 Å². The molecule has 0 aliphatic rings. The van der Waals surface area contributed by atoms with E-state index >= 15 is 0 Å². The smallest absolute Gasteiger partial charge is 0.306 e. The second-order valence-electron chi connectivity index (χ2n) is 10.2. The van der Waals surface area contributed by atoms with E-state index in [1.54, 1.807) is 0 Å². The molecule has 0 aromatic rings. The largest absolute Gasteiger partial charge is 0.457 e. The van der Waals surface area contributed by atoms with Crippen LogP contribution < -0.4 is 0 Å². The molecule has 0 radical (unpaired) electrons. The van der Waals surface area contributed by atoms with Crippen molar-refractivity contribution in [2.24, 2.45) is 0 Å². The van der Waals surface area contributed by atoms with Crippen LogP contribution in [0.25, 0.3) is 0 Å². The molecule has 0 aliphatic carbocycles. The fraction of sp³-hybridized carbons (Fsp3) is 0.844. The summed E-state index contributed by atoms with van der Waals surface area (Å²) in [6.07, 6.45) is 33.4. The van der Waals surface area contributed by atoms with Gasteiger partial charge in [-0.1, -0.05) is 109 Å². The van der Waals surface area contributed by atoms with Gasteiger partial charge in [0, 0.05) is 13.0 Å². The van der Waals surface area contributed by atoms with Gasteiger partial charge >= 0.3 is 5.97 Å². The Labute approximate surface area is 224 Å². The number of carbonyl (C=O) groups excluding carboxylic acids is 1. The van der Waals surface area contributed by atoms with Gasteiger partial charge in [-0.15, -0.1) is 0 Å². The van der Waals surface area contributed by atoms with Crippen LogP contribution in [0.1, 0.15) is 149 Å². The van der Waals surface area contributed by atoms with E-state index in [0.717, 1.165) is 19.3 Å². The van der Waals surface area contributed by atoms with E-state index in [1.807, 2.05) is 0 Å². The Morgan fingerprint density at radius 3 is 1.67 bits per heavy atom. The summed E-state index contributed by atoms with van der Waals surface area (Å²) in [6, 6.07) is 0. The normalized spacial score (nSPS) is 12.6. The highest BCUT2D eigenvalue weighted by Crippen LogP contribution is 2.11. The average Bonchev–Trinajstić information content (AvgIpc) is 2.88. The van der Waals surface area contributed by atoms with Crippen molar-refractivity contribution in [3.63, 3.8) is 0 Å². The molecule has 1 unspecified atom stereocenters. The molecule has 0 heterocycles. The first-order chi connectivity index (χ1) is 17.7. The summed E-state index contributed by atoms with van der Waals surface area (Å²) in [5.41, 5.74) is 0. The number of hydrogen-bond acceptors (Lipinski definition) is 4. The Morgan fingerprint density at radius 2 is 1.11 bits per heavy atom. The van der Waals surface area contributed by atoms with E-state index in [9.17, 15) is 9.90 Å². The number of hydrogen-bond donors (Lipinski definition) is 1. The molecule has 4 heteroatoms. The lowest BCUT2D eigenvalue weighted by Crippen LogP contribution is -2.27. The van der Waals surface area contributed by atoms with Gasteiger partial charge < -0.3 is 14.6 Å². The summed E-state index contributed by atoms with van der Waals surface area (Å²) in [6.45, 7) is 5.26. The number of unbranched alkanes of at least 4 members (excludes halogenated alkanes) is 16. The molecule has 212 valence electrons. The Hall–Kier alpha value is -1.13. The number of aliphatic hydroxyl groups excluding tert-OH is 1. The van der Waals surface area contributed by atoms with Gasteiger partial charge in [-0.05, 0) is 57.8 Å². The van der Waals surface area contributed by atoms with Crippen LogP contribution in [0.3, 0.4) is 0 Å². The molecule has 0 saturated carbocycles. The second kappa shape index (κ2) is 30.1. The molecule has 36 heavy (non-hydrogen) atoms. The Kier molecular flexibility index (Phi) is 29.2. The standard InChI is InChI=1S/C32H60O4/c1-3-5-7-9-11-13-15-16-18-20-22-24-26-28-35-30-31(29-33)36-32(34)27-25-23-21-19-17-14-12-10-8-6-4-2/h10-13,31,33H,3-9,14-30H2,1-2H3/b12-10-,13-11-. The minimum atomic E-state index is -0.535. The third-order valence-corrected chi connectivity index (χ3v) is 6.50. The van der Waals surface area contributed by atoms with Crippen molar-refractivity contribution in [2.75, 3.05) is 19.8 Å². The third kappa shape index (κ3) is 27.5. The molecule has 0 fully saturated rings. The van der Waals surface area contributed by atoms with Gasteiger partial charge in [0.1, 0.15) is 6.10 Å². The summed E-state index contributed by atoms with van der Waals surface area (Å²) in [4.78, 5) is 12.0. The van der Waals surface area contributed by atoms with Crippen molar-refractivity contribution in [3.05, 3.63) is 24.3 Å². The van der Waals surface area contributed by atoms with E-state index < -0.39 is 6.10 Å². The molecule has 1 atom stereocenters. The lowest BCUT2D eigenvalue weighted by Gasteiger charge is -2.15. The number of rotatable bonds is 28. The monoisotopic (exact) mass is 508 g/mol. The molecule has 0 spiro atoms. The molecule has 0 rings (SSSR count). The maximum atomic E-state index is 12.0. The predicted molar refractivity (Wildman–Crippen MR) is 154 cm³/mol. The summed E-state index contributed by atoms with van der Waals surface area (Å²) >= 11 is 0. The second-order valence-corrected chi connectivity index (χ2v) is 10.2. The first-order valence-corrected chi connectivity index (χ1v) is 15.4. The summed E-state index contributed by atoms with van der Waals surface area (Å²) in [7, 11) is 0. The number of allylic oxidation sites excluding steroid dienone is 4. The van der Waals surface area contributed by atoms with Gasteiger partial charge in [0.05, 0.1) is 13.2 Å². The van der Waals surface area contributed by atoms with Crippen LogP contribution in [0, 0.1) is 0 Å². The summed E-state index contributed by atoms with van der Waals surface area (Å²) < 4.78 is 11.0. The van der Waals surface area contributed by atoms with Gasteiger partial charge in [0.15, 0.2) is 0 Å². The van der Waals surface area contributed by atoms with Gasteiger partial charge in [-0.3, -0.25) is 4.79 Å². The highest BCUT2D eigenvalue weighted by atomic mass is 16.6. The molecule has 0 aromatic carbocycles. The molecule has 0 aromatic heterocycles. The minimum Gasteiger partial charge on any atom is -0.457 e. The van der Waals surface area contributed by atoms with Crippen LogP contribution >= 0.6 is 0 Å². The molecule has 0 amide bonds. The number of esters is 1. The Balaban J connectivity index is 3.48. The van der Waals surface area contributed by atoms with E-state index in [0.29, 0.717) is 19.6 Å². The van der Waals surface area contributed by atoms with Crippen molar-refractivity contribution in [1.29, 1.82) is 0 Å². The zero-order valence-corrected chi connectivity index (χ0v) is 24.0. The highest BCUT2D eigenvalue weighted by Gasteiger charge is 2.13. The maximum absolute atomic E-state index is 12.0. The molecule has 4 nitrogen and oxygen atoms in total. The van der Waals surface area contributed by atoms with E-state index in [2.05, 4.69) is 38.2 Å². The molecule has 0 aliphatic heterocycles. The quantitative estimate of drug-likeness (QED) is 0.0650. The van der Waals surface area contributed by atoms with E-state index in [4.69, 9.17) is 9.47 Å². The van der Waals surface area contributed by atoms with Crippen LogP contribution in [0.15, 0.2) is 24.3 Å². The fourth-order valence-corrected chi connectivity index (χ4v) is 4.12. The van der Waals surface area contributed by atoms with Crippen molar-refractivity contribution < 1.29 is 19.4 Å². The Bertz CT molecular complexity index is 500. The number of aliphatic hydroxyl groups is 1. The summed E-state index contributed by atoms with van der Waals surface area (Å²) in [5, 5.41) is 9.48. The lowest BCUT2D eigenvalue weighted by atomic mass is 10.1. The zero-order valence-electron chi connectivity index (χ0n) is 24.0. The third-order valence-electron chi connectivity index (χ3n) is 6.50. The van der Waals surface area contributed by atoms with Crippen LogP contribution in [0.5, 0.6) is 0 Å². The summed E-state index contributed by atoms with van der Waals surface area (Å²) in [5.74, 6) is -0.215. The van der Waals surface area contributed by atoms with Gasteiger partial charge in [-0.25, -0.2) is 0 Å². The van der Waals surface area contributed by atoms with Crippen LogP contribution in [0.2, 0.25) is 0 Å². The van der Waals surface area contributed by atoms with Gasteiger partial charge in [0.2, 0.25) is 0 Å². The molecule has 0 bridgehead atoms. The van der Waals surface area contributed by atoms with Gasteiger partial charge in [0.25, 0.3) is 0 Å². The lowest BCUT2D eigenvalue weighted by molar-refractivity contribution is -0.154. The minimum absolute atomic E-state index is 0.176. The average molecular weight is 509 g/mol. The van der Waals surface area contributed by atoms with Crippen molar-refractivity contribution in [1.82, 2.24) is 0 Å². The topological polar surface area (TPSA) is 55.8 Å². The predicted octanol–water partition coefficient (Wildman–Crippen LogP) is 9.25. The molecular weight excluding hydrogens is 448 g/mol. The van der Waals surface area contributed by atoms with Crippen LogP contribution in [0.4, 0.5) is 0 Å². The molecular formula is C32H60O4. The molecule has 0 saturated heterocycles. The SMILES string of the molecule is CCCC/C=C\CCCCCCCC(=O)OC(CO)COCCCCCCCC/C=C\CCCCC. The molecule has 1 N–H and O–H groups in total. The van der Waals surface area contributed by atoms with Crippen LogP contribution in [-0.2, 0) is 14.3 Å². The van der Waals surface area contributed by atoms with Crippen molar-refractivity contribution in [2.45, 2.75) is 155 Å². The zero-order chi connectivity index (χ0) is 26.4. The fourth-order valence-electron chi connectivity index (χ4n) is 4.12. The first kappa shape index (κ1) is 34.9. The Morgan fingerprint density at radius 1 is 0.639 bits per heavy atom. The first-order valence-electron chi connectivity index (χ1n) is 15.4. The highest BCUT2D eigenvalue weighted by molar-refractivity contribution is 5.69. The number of carbonyl (C=O) groups is 1. The van der Waals surface area contributed by atoms with Gasteiger partial charge in [-0.2, -0.15) is 0 Å². The number of ether oxygens (including phenoxy) is 2.